The van der Waals surface area contributed by atoms with E-state index in [1.54, 1.807) is 0 Å². The second-order valence-corrected chi connectivity index (χ2v) is 6.45. The predicted octanol–water partition coefficient (Wildman–Crippen LogP) is 4.73. The second-order valence-electron chi connectivity index (χ2n) is 6.45. The summed E-state index contributed by atoms with van der Waals surface area (Å²) in [5.74, 6) is 0.570. The molecule has 3 aromatic rings. The summed E-state index contributed by atoms with van der Waals surface area (Å²) >= 11 is 0. The molecule has 2 N–H and O–H groups in total. The number of rotatable bonds is 9. The topological polar surface area (TPSA) is 62.7 Å². The Kier molecular flexibility index (Phi) is 7.80. The van der Waals surface area contributed by atoms with Gasteiger partial charge in [0.25, 0.3) is 5.91 Å². The zero-order valence-corrected chi connectivity index (χ0v) is 16.9. The van der Waals surface area contributed by atoms with E-state index in [2.05, 4.69) is 15.8 Å². The normalized spacial score (nSPS) is 11.3. The molecular formula is C25H25N3O2. The molecule has 0 aromatic heterocycles. The summed E-state index contributed by atoms with van der Waals surface area (Å²) in [5.41, 5.74) is 6.12. The molecule has 0 saturated heterocycles. The van der Waals surface area contributed by atoms with E-state index in [4.69, 9.17) is 4.74 Å². The standard InChI is InChI=1S/C25H25N3O2/c1-2-30-23-16-14-22(15-17-23)26-19-25(29)28-27-24(21-11-7-4-8-12-21)18-13-20-9-5-3-6-10-20/h3-18,26H,2,19H2,1H3,(H,28,29)/b18-13+,27-24?. The zero-order valence-electron chi connectivity index (χ0n) is 16.9. The lowest BCUT2D eigenvalue weighted by Gasteiger charge is -2.08. The third-order valence-electron chi connectivity index (χ3n) is 4.22. The van der Waals surface area contributed by atoms with Crippen molar-refractivity contribution in [2.45, 2.75) is 6.92 Å². The maximum atomic E-state index is 12.3. The molecule has 0 saturated carbocycles. The average Bonchev–Trinajstić information content (AvgIpc) is 2.80. The van der Waals surface area contributed by atoms with Crippen LogP contribution < -0.4 is 15.5 Å². The largest absolute Gasteiger partial charge is 0.494 e. The van der Waals surface area contributed by atoms with Crippen molar-refractivity contribution in [3.05, 3.63) is 102 Å². The Morgan fingerprint density at radius 1 is 0.933 bits per heavy atom. The first-order chi connectivity index (χ1) is 14.7. The Balaban J connectivity index is 1.63. The van der Waals surface area contributed by atoms with Crippen LogP contribution in [-0.4, -0.2) is 24.8 Å². The molecule has 3 rings (SSSR count). The quantitative estimate of drug-likeness (QED) is 0.404. The first-order valence-corrected chi connectivity index (χ1v) is 9.86. The van der Waals surface area contributed by atoms with Gasteiger partial charge >= 0.3 is 0 Å². The van der Waals surface area contributed by atoms with Crippen LogP contribution in [0.4, 0.5) is 5.69 Å². The minimum atomic E-state index is -0.231. The van der Waals surface area contributed by atoms with Gasteiger partial charge in [-0.3, -0.25) is 4.79 Å². The Morgan fingerprint density at radius 3 is 2.27 bits per heavy atom. The number of hydrogen-bond donors (Lipinski definition) is 2. The van der Waals surface area contributed by atoms with Gasteiger partial charge in [-0.2, -0.15) is 5.10 Å². The third kappa shape index (κ3) is 6.63. The van der Waals surface area contributed by atoms with E-state index in [0.717, 1.165) is 22.6 Å². The highest BCUT2D eigenvalue weighted by Gasteiger charge is 2.03. The number of ether oxygens (including phenoxy) is 1. The second kappa shape index (κ2) is 11.2. The van der Waals surface area contributed by atoms with Crippen molar-refractivity contribution in [3.8, 4) is 5.75 Å². The molecule has 0 unspecified atom stereocenters. The van der Waals surface area contributed by atoms with E-state index in [-0.39, 0.29) is 12.5 Å². The van der Waals surface area contributed by atoms with Gasteiger partial charge < -0.3 is 10.1 Å². The number of nitrogens with one attached hydrogen (secondary N) is 2. The van der Waals surface area contributed by atoms with Crippen LogP contribution in [0.25, 0.3) is 6.08 Å². The molecule has 152 valence electrons. The molecule has 0 radical (unpaired) electrons. The number of amides is 1. The fourth-order valence-corrected chi connectivity index (χ4v) is 2.73. The number of nitrogens with zero attached hydrogens (tertiary/aromatic N) is 1. The van der Waals surface area contributed by atoms with Crippen molar-refractivity contribution in [2.75, 3.05) is 18.5 Å². The Labute approximate surface area is 177 Å². The molecule has 3 aromatic carbocycles. The number of hydrazone groups is 1. The summed E-state index contributed by atoms with van der Waals surface area (Å²) < 4.78 is 5.42. The highest BCUT2D eigenvalue weighted by molar-refractivity contribution is 6.11. The lowest BCUT2D eigenvalue weighted by Crippen LogP contribution is -2.26. The molecule has 0 heterocycles. The van der Waals surface area contributed by atoms with Gasteiger partial charge in [-0.25, -0.2) is 5.43 Å². The molecule has 0 spiro atoms. The van der Waals surface area contributed by atoms with Gasteiger partial charge in [0.15, 0.2) is 0 Å². The van der Waals surface area contributed by atoms with Crippen LogP contribution in [0.1, 0.15) is 18.1 Å². The van der Waals surface area contributed by atoms with Crippen LogP contribution >= 0.6 is 0 Å². The summed E-state index contributed by atoms with van der Waals surface area (Å²) in [6.07, 6.45) is 3.86. The van der Waals surface area contributed by atoms with E-state index >= 15 is 0 Å². The SMILES string of the molecule is CCOc1ccc(NCC(=O)NN=C(/C=C/c2ccccc2)c2ccccc2)cc1. The number of carbonyl (C=O) groups excluding carboxylic acids is 1. The van der Waals surface area contributed by atoms with Crippen LogP contribution in [0.5, 0.6) is 5.75 Å². The van der Waals surface area contributed by atoms with E-state index in [1.807, 2.05) is 104 Å². The van der Waals surface area contributed by atoms with Crippen molar-refractivity contribution >= 4 is 23.4 Å². The van der Waals surface area contributed by atoms with Gasteiger partial charge in [0.05, 0.1) is 18.9 Å². The van der Waals surface area contributed by atoms with Crippen LogP contribution in [-0.2, 0) is 4.79 Å². The van der Waals surface area contributed by atoms with Crippen molar-refractivity contribution in [1.29, 1.82) is 0 Å². The molecule has 0 bridgehead atoms. The number of allylic oxidation sites excluding steroid dienone is 1. The first-order valence-electron chi connectivity index (χ1n) is 9.86. The minimum Gasteiger partial charge on any atom is -0.494 e. The fourth-order valence-electron chi connectivity index (χ4n) is 2.73. The van der Waals surface area contributed by atoms with Gasteiger partial charge in [0.2, 0.25) is 0 Å². The van der Waals surface area contributed by atoms with Crippen LogP contribution in [0.3, 0.4) is 0 Å². The molecular weight excluding hydrogens is 374 g/mol. The van der Waals surface area contributed by atoms with Crippen LogP contribution in [0.15, 0.2) is 96.1 Å². The van der Waals surface area contributed by atoms with Crippen molar-refractivity contribution < 1.29 is 9.53 Å². The molecule has 0 aliphatic heterocycles. The summed E-state index contributed by atoms with van der Waals surface area (Å²) in [5, 5.41) is 7.41. The van der Waals surface area contributed by atoms with E-state index in [9.17, 15) is 4.79 Å². The van der Waals surface area contributed by atoms with Gasteiger partial charge in [0.1, 0.15) is 5.75 Å². The van der Waals surface area contributed by atoms with Crippen molar-refractivity contribution in [1.82, 2.24) is 5.43 Å². The predicted molar refractivity (Wildman–Crippen MR) is 123 cm³/mol. The average molecular weight is 399 g/mol. The minimum absolute atomic E-state index is 0.113. The monoisotopic (exact) mass is 399 g/mol. The lowest BCUT2D eigenvalue weighted by molar-refractivity contribution is -0.119. The van der Waals surface area contributed by atoms with Crippen molar-refractivity contribution in [2.24, 2.45) is 5.10 Å². The van der Waals surface area contributed by atoms with E-state index in [0.29, 0.717) is 12.3 Å². The maximum Gasteiger partial charge on any atom is 0.259 e. The highest BCUT2D eigenvalue weighted by Crippen LogP contribution is 2.15. The summed E-state index contributed by atoms with van der Waals surface area (Å²) in [7, 11) is 0. The molecule has 1 amide bonds. The fraction of sp³-hybridized carbons (Fsp3) is 0.120. The van der Waals surface area contributed by atoms with Gasteiger partial charge in [-0.15, -0.1) is 0 Å². The molecule has 0 fully saturated rings. The van der Waals surface area contributed by atoms with Gasteiger partial charge in [-0.1, -0.05) is 66.7 Å². The Hall–Kier alpha value is -3.86. The summed E-state index contributed by atoms with van der Waals surface area (Å²) in [6, 6.07) is 27.2. The summed E-state index contributed by atoms with van der Waals surface area (Å²) in [4.78, 5) is 12.3. The molecule has 0 atom stereocenters. The molecule has 5 heteroatoms. The number of carbonyl (C=O) groups is 1. The van der Waals surface area contributed by atoms with E-state index < -0.39 is 0 Å². The molecule has 30 heavy (non-hydrogen) atoms. The Bertz CT molecular complexity index is 982. The zero-order chi connectivity index (χ0) is 21.0. The third-order valence-corrected chi connectivity index (χ3v) is 4.22. The molecule has 0 aliphatic carbocycles. The first kappa shape index (κ1) is 20.9. The number of hydrogen-bond acceptors (Lipinski definition) is 4. The number of anilines is 1. The smallest absolute Gasteiger partial charge is 0.259 e. The van der Waals surface area contributed by atoms with Crippen LogP contribution in [0, 0.1) is 0 Å². The summed E-state index contributed by atoms with van der Waals surface area (Å²) in [6.45, 7) is 2.67. The van der Waals surface area contributed by atoms with E-state index in [1.165, 1.54) is 0 Å². The number of benzene rings is 3. The maximum absolute atomic E-state index is 12.3. The molecule has 5 nitrogen and oxygen atoms in total. The van der Waals surface area contributed by atoms with Gasteiger partial charge in [0, 0.05) is 11.3 Å². The van der Waals surface area contributed by atoms with Crippen LogP contribution in [0.2, 0.25) is 0 Å². The molecule has 0 aliphatic rings. The van der Waals surface area contributed by atoms with Gasteiger partial charge in [-0.05, 0) is 42.8 Å². The highest BCUT2D eigenvalue weighted by atomic mass is 16.5. The van der Waals surface area contributed by atoms with Crippen molar-refractivity contribution in [3.63, 3.8) is 0 Å². The Morgan fingerprint density at radius 2 is 1.60 bits per heavy atom. The lowest BCUT2D eigenvalue weighted by atomic mass is 10.1.